The molecule has 3 nitrogen and oxygen atoms in total. The molecule has 0 bridgehead atoms. The number of benzene rings is 1. The molecule has 0 aliphatic heterocycles. The Hall–Kier alpha value is -0.680. The van der Waals surface area contributed by atoms with E-state index in [1.54, 1.807) is 0 Å². The predicted octanol–water partition coefficient (Wildman–Crippen LogP) is 4.23. The van der Waals surface area contributed by atoms with Crippen molar-refractivity contribution in [2.75, 3.05) is 12.0 Å². The van der Waals surface area contributed by atoms with Gasteiger partial charge in [0.05, 0.1) is 11.0 Å². The average Bonchev–Trinajstić information content (AvgIpc) is 2.73. The lowest BCUT2D eigenvalue weighted by Gasteiger charge is -2.32. The Morgan fingerprint density at radius 2 is 2.16 bits per heavy atom. The summed E-state index contributed by atoms with van der Waals surface area (Å²) < 4.78 is 3.30. The zero-order valence-electron chi connectivity index (χ0n) is 11.0. The van der Waals surface area contributed by atoms with Gasteiger partial charge in [-0.15, -0.1) is 0 Å². The molecular weight excluding hydrogens is 322 g/mol. The highest BCUT2D eigenvalue weighted by Crippen LogP contribution is 2.39. The van der Waals surface area contributed by atoms with E-state index >= 15 is 0 Å². The highest BCUT2D eigenvalue weighted by atomic mass is 79.9. The Morgan fingerprint density at radius 1 is 1.37 bits per heavy atom. The van der Waals surface area contributed by atoms with E-state index in [2.05, 4.69) is 43.9 Å². The van der Waals surface area contributed by atoms with Crippen molar-refractivity contribution in [3.8, 4) is 0 Å². The van der Waals surface area contributed by atoms with Gasteiger partial charge in [-0.1, -0.05) is 28.8 Å². The van der Waals surface area contributed by atoms with Crippen LogP contribution in [0.25, 0.3) is 11.0 Å². The molecule has 0 spiro atoms. The first-order chi connectivity index (χ1) is 9.20. The number of aromatic nitrogens is 2. The highest BCUT2D eigenvalue weighted by molar-refractivity contribution is 9.10. The number of hydrogen-bond donors (Lipinski definition) is 1. The predicted molar refractivity (Wildman–Crippen MR) is 86.7 cm³/mol. The minimum Gasteiger partial charge on any atom is -0.369 e. The minimum atomic E-state index is 0.481. The van der Waals surface area contributed by atoms with Crippen molar-refractivity contribution in [1.82, 2.24) is 9.55 Å². The highest BCUT2D eigenvalue weighted by Gasteiger charge is 2.28. The van der Waals surface area contributed by atoms with E-state index in [0.717, 1.165) is 15.5 Å². The summed E-state index contributed by atoms with van der Waals surface area (Å²) in [7, 11) is 0. The molecule has 102 valence electrons. The third kappa shape index (κ3) is 2.38. The summed E-state index contributed by atoms with van der Waals surface area (Å²) in [5.74, 6) is 0.652. The number of nitrogen functional groups attached to an aromatic ring is 1. The van der Waals surface area contributed by atoms with Crippen LogP contribution < -0.4 is 5.73 Å². The number of imidazole rings is 1. The van der Waals surface area contributed by atoms with Gasteiger partial charge in [0.2, 0.25) is 5.95 Å². The van der Waals surface area contributed by atoms with Gasteiger partial charge in [-0.25, -0.2) is 4.98 Å². The van der Waals surface area contributed by atoms with Gasteiger partial charge in [0.1, 0.15) is 0 Å². The molecule has 1 heterocycles. The van der Waals surface area contributed by atoms with Crippen molar-refractivity contribution in [3.63, 3.8) is 0 Å². The Morgan fingerprint density at radius 3 is 2.95 bits per heavy atom. The fraction of sp³-hybridized carbons (Fsp3) is 0.500. The number of anilines is 1. The first kappa shape index (κ1) is 13.3. The number of thioether (sulfide) groups is 1. The van der Waals surface area contributed by atoms with E-state index in [0.29, 0.717) is 17.2 Å². The van der Waals surface area contributed by atoms with Gasteiger partial charge in [-0.05, 0) is 37.3 Å². The second kappa shape index (κ2) is 5.37. The van der Waals surface area contributed by atoms with Crippen LogP contribution >= 0.6 is 27.7 Å². The van der Waals surface area contributed by atoms with Crippen LogP contribution in [0.5, 0.6) is 0 Å². The zero-order valence-corrected chi connectivity index (χ0v) is 13.4. The lowest BCUT2D eigenvalue weighted by Crippen LogP contribution is -2.26. The first-order valence-electron chi connectivity index (χ1n) is 6.66. The summed E-state index contributed by atoms with van der Waals surface area (Å²) in [5, 5.41) is 0.650. The molecule has 0 saturated heterocycles. The van der Waals surface area contributed by atoms with Crippen molar-refractivity contribution < 1.29 is 0 Å². The summed E-state index contributed by atoms with van der Waals surface area (Å²) >= 11 is 5.45. The number of halogens is 1. The fourth-order valence-corrected chi connectivity index (χ4v) is 4.41. The Kier molecular flexibility index (Phi) is 3.76. The van der Waals surface area contributed by atoms with Crippen LogP contribution in [0.15, 0.2) is 22.7 Å². The molecule has 19 heavy (non-hydrogen) atoms. The van der Waals surface area contributed by atoms with Crippen LogP contribution in [0.2, 0.25) is 0 Å². The molecule has 2 N–H and O–H groups in total. The van der Waals surface area contributed by atoms with Gasteiger partial charge in [0.15, 0.2) is 0 Å². The summed E-state index contributed by atoms with van der Waals surface area (Å²) in [6.07, 6.45) is 7.31. The largest absolute Gasteiger partial charge is 0.369 e. The second-order valence-electron chi connectivity index (χ2n) is 5.10. The molecule has 0 radical (unpaired) electrons. The van der Waals surface area contributed by atoms with Crippen molar-refractivity contribution in [2.24, 2.45) is 0 Å². The molecule has 1 aromatic heterocycles. The molecule has 0 amide bonds. The zero-order chi connectivity index (χ0) is 13.4. The summed E-state index contributed by atoms with van der Waals surface area (Å²) in [4.78, 5) is 4.52. The van der Waals surface area contributed by atoms with Crippen LogP contribution in [-0.4, -0.2) is 21.1 Å². The third-order valence-corrected chi connectivity index (χ3v) is 5.63. The van der Waals surface area contributed by atoms with Crippen molar-refractivity contribution in [3.05, 3.63) is 22.7 Å². The maximum atomic E-state index is 6.18. The average molecular weight is 340 g/mol. The minimum absolute atomic E-state index is 0.481. The van der Waals surface area contributed by atoms with Gasteiger partial charge in [-0.2, -0.15) is 11.8 Å². The monoisotopic (exact) mass is 339 g/mol. The van der Waals surface area contributed by atoms with E-state index in [1.165, 1.54) is 25.7 Å². The molecule has 1 fully saturated rings. The molecule has 2 atom stereocenters. The smallest absolute Gasteiger partial charge is 0.201 e. The normalized spacial score (nSPS) is 23.9. The number of fused-ring (bicyclic) bond motifs is 1. The Balaban J connectivity index is 2.10. The fourth-order valence-electron chi connectivity index (χ4n) is 3.09. The molecule has 5 heteroatoms. The van der Waals surface area contributed by atoms with Crippen LogP contribution in [0.4, 0.5) is 5.95 Å². The van der Waals surface area contributed by atoms with Gasteiger partial charge < -0.3 is 10.3 Å². The van der Waals surface area contributed by atoms with Crippen molar-refractivity contribution in [1.29, 1.82) is 0 Å². The van der Waals surface area contributed by atoms with E-state index in [9.17, 15) is 0 Å². The van der Waals surface area contributed by atoms with Gasteiger partial charge >= 0.3 is 0 Å². The van der Waals surface area contributed by atoms with Crippen LogP contribution in [0.1, 0.15) is 31.7 Å². The lowest BCUT2D eigenvalue weighted by molar-refractivity contribution is 0.374. The van der Waals surface area contributed by atoms with Crippen LogP contribution in [0.3, 0.4) is 0 Å². The maximum absolute atomic E-state index is 6.18. The maximum Gasteiger partial charge on any atom is 0.201 e. The summed E-state index contributed by atoms with van der Waals surface area (Å²) in [6, 6.07) is 6.71. The third-order valence-electron chi connectivity index (χ3n) is 3.98. The molecule has 2 unspecified atom stereocenters. The Bertz CT molecular complexity index is 596. The molecular formula is C14H18BrN3S. The topological polar surface area (TPSA) is 43.8 Å². The molecule has 3 rings (SSSR count). The lowest BCUT2D eigenvalue weighted by atomic mass is 9.94. The SMILES string of the molecule is CSC1CCCCC1n1c(N)nc2cc(Br)ccc21. The number of hydrogen-bond acceptors (Lipinski definition) is 3. The van der Waals surface area contributed by atoms with E-state index in [4.69, 9.17) is 5.73 Å². The van der Waals surface area contributed by atoms with E-state index in [-0.39, 0.29) is 0 Å². The summed E-state index contributed by atoms with van der Waals surface area (Å²) in [6.45, 7) is 0. The van der Waals surface area contributed by atoms with Crippen LogP contribution in [-0.2, 0) is 0 Å². The molecule has 1 aromatic carbocycles. The van der Waals surface area contributed by atoms with E-state index < -0.39 is 0 Å². The molecule has 1 aliphatic carbocycles. The van der Waals surface area contributed by atoms with Gasteiger partial charge in [0.25, 0.3) is 0 Å². The van der Waals surface area contributed by atoms with Crippen molar-refractivity contribution >= 4 is 44.7 Å². The van der Waals surface area contributed by atoms with Crippen LogP contribution in [0, 0.1) is 0 Å². The number of nitrogens with zero attached hydrogens (tertiary/aromatic N) is 2. The Labute approximate surface area is 126 Å². The quantitative estimate of drug-likeness (QED) is 0.890. The first-order valence-corrected chi connectivity index (χ1v) is 8.74. The van der Waals surface area contributed by atoms with Gasteiger partial charge in [-0.3, -0.25) is 0 Å². The summed E-state index contributed by atoms with van der Waals surface area (Å²) in [5.41, 5.74) is 8.32. The second-order valence-corrected chi connectivity index (χ2v) is 7.09. The standard InChI is InChI=1S/C14H18BrN3S/c1-19-13-5-3-2-4-12(13)18-11-7-6-9(15)8-10(11)17-14(18)16/h6-8,12-13H,2-5H2,1H3,(H2,16,17). The molecule has 1 aliphatic rings. The van der Waals surface area contributed by atoms with Crippen molar-refractivity contribution in [2.45, 2.75) is 37.0 Å². The molecule has 2 aromatic rings. The van der Waals surface area contributed by atoms with Gasteiger partial charge in [0, 0.05) is 15.8 Å². The number of nitrogens with two attached hydrogens (primary N) is 1. The molecule has 1 saturated carbocycles. The van der Waals surface area contributed by atoms with E-state index in [1.807, 2.05) is 17.8 Å². The number of rotatable bonds is 2.